The topological polar surface area (TPSA) is 73.9 Å². The minimum Gasteiger partial charge on any atom is -0.486 e. The van der Waals surface area contributed by atoms with Crippen molar-refractivity contribution in [3.63, 3.8) is 0 Å². The summed E-state index contributed by atoms with van der Waals surface area (Å²) < 4.78 is 16.2. The summed E-state index contributed by atoms with van der Waals surface area (Å²) in [5, 5.41) is 2.92. The summed E-state index contributed by atoms with van der Waals surface area (Å²) in [4.78, 5) is 23.9. The first-order valence-electron chi connectivity index (χ1n) is 9.19. The van der Waals surface area contributed by atoms with Crippen LogP contribution in [0.1, 0.15) is 37.5 Å². The van der Waals surface area contributed by atoms with E-state index in [-0.39, 0.29) is 11.7 Å². The number of aryl methyl sites for hydroxylation is 1. The number of nitrogens with one attached hydrogen (secondary N) is 1. The Bertz CT molecular complexity index is 924. The first-order valence-corrected chi connectivity index (χ1v) is 9.19. The molecule has 6 nitrogen and oxygen atoms in total. The molecule has 1 aliphatic heterocycles. The average molecular weight is 379 g/mol. The van der Waals surface area contributed by atoms with E-state index in [1.165, 1.54) is 31.2 Å². The van der Waals surface area contributed by atoms with Crippen molar-refractivity contribution in [2.24, 2.45) is 0 Å². The molecule has 1 saturated heterocycles. The number of carbonyl (C=O) groups is 2. The Labute approximate surface area is 163 Å². The molecule has 1 atom stereocenters. The Morgan fingerprint density at radius 2 is 1.71 bits per heavy atom. The SMILES string of the molecule is CC1(C)OC(=O)C(=CNc2ccc(OC3CCc4ccccc43)cc2)C(=O)O1. The van der Waals surface area contributed by atoms with Gasteiger partial charge in [0.1, 0.15) is 11.9 Å². The van der Waals surface area contributed by atoms with E-state index in [4.69, 9.17) is 14.2 Å². The van der Waals surface area contributed by atoms with E-state index in [9.17, 15) is 9.59 Å². The number of ether oxygens (including phenoxy) is 3. The number of carbonyl (C=O) groups excluding carboxylic acids is 2. The van der Waals surface area contributed by atoms with Crippen LogP contribution in [0.3, 0.4) is 0 Å². The Hall–Kier alpha value is -3.28. The fourth-order valence-electron chi connectivity index (χ4n) is 3.37. The minimum atomic E-state index is -1.25. The van der Waals surface area contributed by atoms with Crippen LogP contribution in [0.4, 0.5) is 5.69 Å². The van der Waals surface area contributed by atoms with E-state index >= 15 is 0 Å². The smallest absolute Gasteiger partial charge is 0.350 e. The number of hydrogen-bond donors (Lipinski definition) is 1. The van der Waals surface area contributed by atoms with Crippen molar-refractivity contribution in [3.05, 3.63) is 71.4 Å². The van der Waals surface area contributed by atoms with Crippen molar-refractivity contribution in [2.75, 3.05) is 5.32 Å². The van der Waals surface area contributed by atoms with Gasteiger partial charge in [-0.25, -0.2) is 9.59 Å². The maximum Gasteiger partial charge on any atom is 0.350 e. The van der Waals surface area contributed by atoms with Gasteiger partial charge in [0.05, 0.1) is 0 Å². The molecule has 2 aliphatic rings. The quantitative estimate of drug-likeness (QED) is 0.494. The van der Waals surface area contributed by atoms with Gasteiger partial charge in [0, 0.05) is 25.7 Å². The second-order valence-corrected chi connectivity index (χ2v) is 7.25. The van der Waals surface area contributed by atoms with Crippen LogP contribution in [-0.2, 0) is 25.5 Å². The lowest BCUT2D eigenvalue weighted by Gasteiger charge is -2.29. The molecule has 2 aromatic rings. The summed E-state index contributed by atoms with van der Waals surface area (Å²) in [5.74, 6) is -1.91. The molecule has 0 saturated carbocycles. The molecule has 144 valence electrons. The van der Waals surface area contributed by atoms with E-state index in [0.717, 1.165) is 18.6 Å². The second-order valence-electron chi connectivity index (χ2n) is 7.25. The van der Waals surface area contributed by atoms with Gasteiger partial charge in [-0.3, -0.25) is 0 Å². The highest BCUT2D eigenvalue weighted by molar-refractivity contribution is 6.15. The predicted octanol–water partition coefficient (Wildman–Crippen LogP) is 3.88. The van der Waals surface area contributed by atoms with Crippen molar-refractivity contribution in [1.82, 2.24) is 0 Å². The first kappa shape index (κ1) is 18.1. The maximum atomic E-state index is 11.9. The van der Waals surface area contributed by atoms with Crippen LogP contribution in [0.25, 0.3) is 0 Å². The minimum absolute atomic E-state index is 0.0623. The molecule has 0 bridgehead atoms. The number of rotatable bonds is 4. The Kier molecular flexibility index (Phi) is 4.55. The first-order chi connectivity index (χ1) is 13.4. The highest BCUT2D eigenvalue weighted by Crippen LogP contribution is 2.35. The molecular weight excluding hydrogens is 358 g/mol. The third-order valence-electron chi connectivity index (χ3n) is 4.71. The molecule has 1 unspecified atom stereocenters. The second kappa shape index (κ2) is 7.03. The molecule has 4 rings (SSSR count). The van der Waals surface area contributed by atoms with Gasteiger partial charge in [0.2, 0.25) is 0 Å². The molecule has 1 aliphatic carbocycles. The summed E-state index contributed by atoms with van der Waals surface area (Å²) in [6.07, 6.45) is 3.35. The van der Waals surface area contributed by atoms with Crippen molar-refractivity contribution in [2.45, 2.75) is 38.6 Å². The Morgan fingerprint density at radius 3 is 2.43 bits per heavy atom. The summed E-state index contributed by atoms with van der Waals surface area (Å²) in [6.45, 7) is 3.02. The predicted molar refractivity (Wildman–Crippen MR) is 103 cm³/mol. The van der Waals surface area contributed by atoms with E-state index in [0.29, 0.717) is 5.69 Å². The Balaban J connectivity index is 1.40. The summed E-state index contributed by atoms with van der Waals surface area (Å²) in [7, 11) is 0. The van der Waals surface area contributed by atoms with Crippen LogP contribution in [0, 0.1) is 0 Å². The number of hydrogen-bond acceptors (Lipinski definition) is 6. The number of benzene rings is 2. The van der Waals surface area contributed by atoms with Crippen LogP contribution in [-0.4, -0.2) is 17.7 Å². The van der Waals surface area contributed by atoms with Gasteiger partial charge in [-0.05, 0) is 48.2 Å². The van der Waals surface area contributed by atoms with Gasteiger partial charge in [-0.15, -0.1) is 0 Å². The standard InChI is InChI=1S/C22H21NO5/c1-22(2)27-20(24)18(21(25)28-22)13-23-15-8-10-16(11-9-15)26-19-12-7-14-5-3-4-6-17(14)19/h3-6,8-11,13,19,23H,7,12H2,1-2H3. The fourth-order valence-corrected chi connectivity index (χ4v) is 3.37. The Morgan fingerprint density at radius 1 is 1.04 bits per heavy atom. The van der Waals surface area contributed by atoms with Crippen LogP contribution in [0.5, 0.6) is 5.75 Å². The molecule has 6 heteroatoms. The van der Waals surface area contributed by atoms with Gasteiger partial charge in [-0.2, -0.15) is 0 Å². The number of anilines is 1. The number of cyclic esters (lactones) is 2. The highest BCUT2D eigenvalue weighted by atomic mass is 16.7. The zero-order valence-electron chi connectivity index (χ0n) is 15.7. The van der Waals surface area contributed by atoms with Crippen molar-refractivity contribution in [3.8, 4) is 5.75 Å². The molecule has 28 heavy (non-hydrogen) atoms. The molecule has 0 radical (unpaired) electrons. The van der Waals surface area contributed by atoms with E-state index in [1.807, 2.05) is 30.3 Å². The third kappa shape index (κ3) is 3.71. The van der Waals surface area contributed by atoms with Crippen molar-refractivity contribution < 1.29 is 23.8 Å². The van der Waals surface area contributed by atoms with Crippen LogP contribution in [0.2, 0.25) is 0 Å². The van der Waals surface area contributed by atoms with E-state index < -0.39 is 17.7 Å². The molecule has 0 aromatic heterocycles. The van der Waals surface area contributed by atoms with E-state index in [2.05, 4.69) is 23.5 Å². The molecule has 1 fully saturated rings. The normalized spacial score (nSPS) is 20.1. The largest absolute Gasteiger partial charge is 0.486 e. The molecular formula is C22H21NO5. The lowest BCUT2D eigenvalue weighted by atomic mass is 10.1. The zero-order valence-corrected chi connectivity index (χ0v) is 15.7. The number of esters is 2. The van der Waals surface area contributed by atoms with Crippen LogP contribution >= 0.6 is 0 Å². The highest BCUT2D eigenvalue weighted by Gasteiger charge is 2.38. The summed E-state index contributed by atoms with van der Waals surface area (Å²) >= 11 is 0. The van der Waals surface area contributed by atoms with Gasteiger partial charge >= 0.3 is 11.9 Å². The zero-order chi connectivity index (χ0) is 19.7. The van der Waals surface area contributed by atoms with Crippen LogP contribution < -0.4 is 10.1 Å². The molecule has 1 heterocycles. The molecule has 2 aromatic carbocycles. The van der Waals surface area contributed by atoms with Gasteiger partial charge in [0.25, 0.3) is 5.79 Å². The molecule has 0 spiro atoms. The lowest BCUT2D eigenvalue weighted by molar-refractivity contribution is -0.222. The number of fused-ring (bicyclic) bond motifs is 1. The summed E-state index contributed by atoms with van der Waals surface area (Å²) in [6, 6.07) is 15.7. The van der Waals surface area contributed by atoms with Gasteiger partial charge < -0.3 is 19.5 Å². The van der Waals surface area contributed by atoms with E-state index in [1.54, 1.807) is 0 Å². The lowest BCUT2D eigenvalue weighted by Crippen LogP contribution is -2.42. The van der Waals surface area contributed by atoms with Crippen molar-refractivity contribution >= 4 is 17.6 Å². The van der Waals surface area contributed by atoms with Crippen LogP contribution in [0.15, 0.2) is 60.3 Å². The van der Waals surface area contributed by atoms with Gasteiger partial charge in [-0.1, -0.05) is 24.3 Å². The fraction of sp³-hybridized carbons (Fsp3) is 0.273. The monoisotopic (exact) mass is 379 g/mol. The maximum absolute atomic E-state index is 11.9. The average Bonchev–Trinajstić information content (AvgIpc) is 3.04. The third-order valence-corrected chi connectivity index (χ3v) is 4.71. The molecule has 1 N–H and O–H groups in total. The molecule has 0 amide bonds. The van der Waals surface area contributed by atoms with Crippen molar-refractivity contribution in [1.29, 1.82) is 0 Å². The summed E-state index contributed by atoms with van der Waals surface area (Å²) in [5.41, 5.74) is 3.11. The van der Waals surface area contributed by atoms with Gasteiger partial charge in [0.15, 0.2) is 5.57 Å².